The Morgan fingerprint density at radius 2 is 2.06 bits per heavy atom. The van der Waals surface area contributed by atoms with Gasteiger partial charge in [0, 0.05) is 4.91 Å². The molecule has 0 unspecified atom stereocenters. The molecular formula is C14H21N3O. The predicted octanol–water partition coefficient (Wildman–Crippen LogP) is 4.76. The van der Waals surface area contributed by atoms with E-state index >= 15 is 0 Å². The highest BCUT2D eigenvalue weighted by Gasteiger charge is 1.99. The van der Waals surface area contributed by atoms with E-state index in [1.807, 2.05) is 25.1 Å². The number of azide groups is 1. The van der Waals surface area contributed by atoms with E-state index in [2.05, 4.69) is 16.9 Å². The molecule has 0 heterocycles. The maximum atomic E-state index is 8.32. The highest BCUT2D eigenvalue weighted by molar-refractivity contribution is 5.33. The van der Waals surface area contributed by atoms with Crippen LogP contribution in [-0.4, -0.2) is 6.61 Å². The molecule has 1 rings (SSSR count). The zero-order chi connectivity index (χ0) is 13.2. The Bertz CT molecular complexity index is 412. The molecule has 0 aliphatic heterocycles. The van der Waals surface area contributed by atoms with Crippen molar-refractivity contribution < 1.29 is 4.74 Å². The Kier molecular flexibility index (Phi) is 6.74. The molecule has 4 nitrogen and oxygen atoms in total. The minimum atomic E-state index is 0.379. The van der Waals surface area contributed by atoms with Crippen molar-refractivity contribution in [3.8, 4) is 5.75 Å². The Hall–Kier alpha value is -1.67. The average molecular weight is 247 g/mol. The van der Waals surface area contributed by atoms with E-state index < -0.39 is 0 Å². The van der Waals surface area contributed by atoms with Crippen LogP contribution in [0.5, 0.6) is 5.75 Å². The van der Waals surface area contributed by atoms with Crippen LogP contribution < -0.4 is 4.74 Å². The molecule has 0 atom stereocenters. The normalized spacial score (nSPS) is 9.89. The van der Waals surface area contributed by atoms with Crippen molar-refractivity contribution in [1.29, 1.82) is 0 Å². The molecule has 98 valence electrons. The van der Waals surface area contributed by atoms with Gasteiger partial charge in [-0.1, -0.05) is 37.4 Å². The summed E-state index contributed by atoms with van der Waals surface area (Å²) in [4.78, 5) is 2.77. The van der Waals surface area contributed by atoms with Crippen LogP contribution >= 0.6 is 0 Å². The molecule has 4 heteroatoms. The third-order valence-electron chi connectivity index (χ3n) is 2.69. The summed E-state index contributed by atoms with van der Waals surface area (Å²) in [6.07, 6.45) is 4.81. The van der Waals surface area contributed by atoms with Crippen molar-refractivity contribution in [3.05, 3.63) is 39.8 Å². The van der Waals surface area contributed by atoms with Crippen LogP contribution in [0, 0.1) is 6.92 Å². The molecule has 0 N–H and O–H groups in total. The second-order valence-electron chi connectivity index (χ2n) is 4.45. The lowest BCUT2D eigenvalue weighted by Crippen LogP contribution is -1.98. The summed E-state index contributed by atoms with van der Waals surface area (Å²) in [5, 5.41) is 3.57. The van der Waals surface area contributed by atoms with Crippen molar-refractivity contribution in [3.63, 3.8) is 0 Å². The fraction of sp³-hybridized carbons (Fsp3) is 0.571. The fourth-order valence-electron chi connectivity index (χ4n) is 1.83. The van der Waals surface area contributed by atoms with E-state index in [0.29, 0.717) is 6.54 Å². The second kappa shape index (κ2) is 8.43. The lowest BCUT2D eigenvalue weighted by Gasteiger charge is -2.08. The van der Waals surface area contributed by atoms with Crippen LogP contribution in [0.15, 0.2) is 23.3 Å². The van der Waals surface area contributed by atoms with Gasteiger partial charge < -0.3 is 4.74 Å². The molecule has 0 aliphatic carbocycles. The highest BCUT2D eigenvalue weighted by atomic mass is 16.5. The topological polar surface area (TPSA) is 58.0 Å². The summed E-state index contributed by atoms with van der Waals surface area (Å²) >= 11 is 0. The number of unbranched alkanes of at least 4 members (excludes halogenated alkanes) is 3. The van der Waals surface area contributed by atoms with Crippen LogP contribution in [0.4, 0.5) is 0 Å². The third-order valence-corrected chi connectivity index (χ3v) is 2.69. The summed E-state index contributed by atoms with van der Waals surface area (Å²) < 4.78 is 5.72. The van der Waals surface area contributed by atoms with Crippen molar-refractivity contribution in [2.45, 2.75) is 46.1 Å². The number of ether oxygens (including phenoxy) is 1. The zero-order valence-electron chi connectivity index (χ0n) is 11.2. The van der Waals surface area contributed by atoms with Gasteiger partial charge in [0.25, 0.3) is 0 Å². The number of nitrogens with zero attached hydrogens (tertiary/aromatic N) is 3. The summed E-state index contributed by atoms with van der Waals surface area (Å²) in [6, 6.07) is 5.97. The number of hydrogen-bond acceptors (Lipinski definition) is 2. The van der Waals surface area contributed by atoms with E-state index in [9.17, 15) is 0 Å². The lowest BCUT2D eigenvalue weighted by molar-refractivity contribution is 0.304. The first-order chi connectivity index (χ1) is 8.76. The maximum Gasteiger partial charge on any atom is 0.119 e. The van der Waals surface area contributed by atoms with Crippen LogP contribution in [-0.2, 0) is 6.54 Å². The number of aryl methyl sites for hydroxylation is 1. The number of rotatable bonds is 8. The Balaban J connectivity index is 2.49. The Labute approximate surface area is 109 Å². The highest BCUT2D eigenvalue weighted by Crippen LogP contribution is 2.18. The van der Waals surface area contributed by atoms with Gasteiger partial charge in [-0.25, -0.2) is 0 Å². The molecule has 18 heavy (non-hydrogen) atoms. The smallest absolute Gasteiger partial charge is 0.119 e. The van der Waals surface area contributed by atoms with Gasteiger partial charge in [0.2, 0.25) is 0 Å². The fourth-order valence-corrected chi connectivity index (χ4v) is 1.83. The molecule has 1 aromatic carbocycles. The molecule has 0 saturated carbocycles. The summed E-state index contributed by atoms with van der Waals surface area (Å²) in [5.74, 6) is 0.870. The minimum absolute atomic E-state index is 0.379. The first kappa shape index (κ1) is 14.4. The largest absolute Gasteiger partial charge is 0.494 e. The molecule has 0 aromatic heterocycles. The van der Waals surface area contributed by atoms with Gasteiger partial charge in [-0.3, -0.25) is 0 Å². The zero-order valence-corrected chi connectivity index (χ0v) is 11.2. The first-order valence-corrected chi connectivity index (χ1v) is 6.50. The predicted molar refractivity (Wildman–Crippen MR) is 73.7 cm³/mol. The Morgan fingerprint density at radius 1 is 1.22 bits per heavy atom. The standard InChI is InChI=1S/C14H21N3O/c1-3-4-5-6-7-18-14-9-12(2)8-13(10-14)11-16-17-15/h8-10H,3-7,11H2,1-2H3. The monoisotopic (exact) mass is 247 g/mol. The van der Waals surface area contributed by atoms with E-state index in [1.165, 1.54) is 19.3 Å². The van der Waals surface area contributed by atoms with Crippen LogP contribution in [0.25, 0.3) is 10.4 Å². The van der Waals surface area contributed by atoms with Crippen LogP contribution in [0.2, 0.25) is 0 Å². The van der Waals surface area contributed by atoms with E-state index in [0.717, 1.165) is 29.9 Å². The maximum absolute atomic E-state index is 8.32. The van der Waals surface area contributed by atoms with Crippen LogP contribution in [0.3, 0.4) is 0 Å². The molecule has 1 aromatic rings. The second-order valence-corrected chi connectivity index (χ2v) is 4.45. The minimum Gasteiger partial charge on any atom is -0.494 e. The SMILES string of the molecule is CCCCCCOc1cc(C)cc(CN=[N+]=[N-])c1. The third kappa shape index (κ3) is 5.60. The Morgan fingerprint density at radius 3 is 2.78 bits per heavy atom. The van der Waals surface area contributed by atoms with Gasteiger partial charge in [0.05, 0.1) is 13.2 Å². The van der Waals surface area contributed by atoms with Crippen LogP contribution in [0.1, 0.15) is 43.7 Å². The first-order valence-electron chi connectivity index (χ1n) is 6.50. The summed E-state index contributed by atoms with van der Waals surface area (Å²) in [6.45, 7) is 5.35. The lowest BCUT2D eigenvalue weighted by atomic mass is 10.1. The molecule has 0 saturated heterocycles. The molecule has 0 fully saturated rings. The molecular weight excluding hydrogens is 226 g/mol. The van der Waals surface area contributed by atoms with Gasteiger partial charge in [-0.05, 0) is 42.1 Å². The molecule has 0 aliphatic rings. The molecule has 0 amide bonds. The van der Waals surface area contributed by atoms with Gasteiger partial charge in [-0.2, -0.15) is 0 Å². The van der Waals surface area contributed by atoms with E-state index in [-0.39, 0.29) is 0 Å². The number of hydrogen-bond donors (Lipinski definition) is 0. The van der Waals surface area contributed by atoms with Gasteiger partial charge in [0.1, 0.15) is 5.75 Å². The quantitative estimate of drug-likeness (QED) is 0.282. The van der Waals surface area contributed by atoms with E-state index in [1.54, 1.807) is 0 Å². The summed E-state index contributed by atoms with van der Waals surface area (Å²) in [5.41, 5.74) is 10.4. The average Bonchev–Trinajstić information content (AvgIpc) is 2.35. The van der Waals surface area contributed by atoms with Gasteiger partial charge in [0.15, 0.2) is 0 Å². The number of benzene rings is 1. The van der Waals surface area contributed by atoms with Gasteiger partial charge >= 0.3 is 0 Å². The van der Waals surface area contributed by atoms with Crippen molar-refractivity contribution in [1.82, 2.24) is 0 Å². The van der Waals surface area contributed by atoms with Gasteiger partial charge in [-0.15, -0.1) is 0 Å². The van der Waals surface area contributed by atoms with Crippen molar-refractivity contribution >= 4 is 0 Å². The van der Waals surface area contributed by atoms with Crippen molar-refractivity contribution in [2.24, 2.45) is 5.11 Å². The molecule has 0 spiro atoms. The molecule has 0 bridgehead atoms. The summed E-state index contributed by atoms with van der Waals surface area (Å²) in [7, 11) is 0. The van der Waals surface area contributed by atoms with Crippen molar-refractivity contribution in [2.75, 3.05) is 6.61 Å². The molecule has 0 radical (unpaired) electrons. The van der Waals surface area contributed by atoms with E-state index in [4.69, 9.17) is 10.3 Å².